The highest BCUT2D eigenvalue weighted by Crippen LogP contribution is 2.22. The number of carbonyl (C=O) groups excluding carboxylic acids is 2. The molecule has 1 radical (unpaired) electrons. The van der Waals surface area contributed by atoms with E-state index in [1.807, 2.05) is 30.3 Å². The molecule has 0 aromatic heterocycles. The normalized spacial score (nSPS) is 13.8. The van der Waals surface area contributed by atoms with Gasteiger partial charge in [-0.3, -0.25) is 10.2 Å². The fourth-order valence-corrected chi connectivity index (χ4v) is 3.08. The lowest BCUT2D eigenvalue weighted by Gasteiger charge is -2.23. The molecular formula is C21H25N4O3. The van der Waals surface area contributed by atoms with Crippen molar-refractivity contribution in [1.29, 1.82) is 5.41 Å². The van der Waals surface area contributed by atoms with Crippen LogP contribution >= 0.6 is 0 Å². The van der Waals surface area contributed by atoms with Crippen LogP contribution in [0.2, 0.25) is 0 Å². The minimum Gasteiger partial charge on any atom is -0.441 e. The fraction of sp³-hybridized carbons (Fsp3) is 0.286. The van der Waals surface area contributed by atoms with E-state index < -0.39 is 17.9 Å². The summed E-state index contributed by atoms with van der Waals surface area (Å²) in [6.07, 6.45) is -0.0787. The predicted octanol–water partition coefficient (Wildman–Crippen LogP) is 1.44. The van der Waals surface area contributed by atoms with E-state index in [-0.39, 0.29) is 11.9 Å². The lowest BCUT2D eigenvalue weighted by molar-refractivity contribution is -0.128. The van der Waals surface area contributed by atoms with Crippen molar-refractivity contribution in [2.45, 2.75) is 25.0 Å². The number of rotatable bonds is 11. The number of ether oxygens (including phenoxy) is 1. The highest BCUT2D eigenvalue weighted by molar-refractivity contribution is 5.89. The number of Topliss-reactive ketones (excluding diaryl/α,β-unsaturated/α-hetero) is 1. The molecule has 7 heteroatoms. The second-order valence-electron chi connectivity index (χ2n) is 6.59. The molecule has 7 nitrogen and oxygen atoms in total. The Labute approximate surface area is 164 Å². The minimum absolute atomic E-state index is 0.0399. The summed E-state index contributed by atoms with van der Waals surface area (Å²) in [7, 11) is 0. The van der Waals surface area contributed by atoms with Crippen molar-refractivity contribution in [3.63, 3.8) is 0 Å². The average molecular weight is 381 g/mol. The quantitative estimate of drug-likeness (QED) is 0.344. The molecule has 0 aliphatic carbocycles. The summed E-state index contributed by atoms with van der Waals surface area (Å²) >= 11 is 0. The first-order valence-corrected chi connectivity index (χ1v) is 9.00. The summed E-state index contributed by atoms with van der Waals surface area (Å²) in [6, 6.07) is 17.7. The second-order valence-corrected chi connectivity index (χ2v) is 6.59. The molecule has 2 aromatic rings. The zero-order chi connectivity index (χ0) is 20.4. The van der Waals surface area contributed by atoms with E-state index >= 15 is 0 Å². The number of ketones is 1. The van der Waals surface area contributed by atoms with Gasteiger partial charge in [-0.25, -0.2) is 4.79 Å². The van der Waals surface area contributed by atoms with Crippen molar-refractivity contribution in [2.24, 2.45) is 17.4 Å². The maximum absolute atomic E-state index is 12.8. The number of hydrogen-bond acceptors (Lipinski definition) is 5. The van der Waals surface area contributed by atoms with Crippen LogP contribution in [0.15, 0.2) is 60.7 Å². The van der Waals surface area contributed by atoms with Crippen LogP contribution in [0.4, 0.5) is 0 Å². The number of benzene rings is 2. The number of hydrogen-bond donors (Lipinski definition) is 4. The van der Waals surface area contributed by atoms with Crippen LogP contribution in [0.3, 0.4) is 0 Å². The Morgan fingerprint density at radius 1 is 1.11 bits per heavy atom. The average Bonchev–Trinajstić information content (AvgIpc) is 2.71. The van der Waals surface area contributed by atoms with Crippen molar-refractivity contribution < 1.29 is 14.3 Å². The molecule has 0 aliphatic rings. The first kappa shape index (κ1) is 21.1. The number of nitrogens with one attached hydrogen (secondary N) is 2. The zero-order valence-corrected chi connectivity index (χ0v) is 15.5. The molecule has 6 N–H and O–H groups in total. The van der Waals surface area contributed by atoms with Gasteiger partial charge in [-0.05, 0) is 24.3 Å². The van der Waals surface area contributed by atoms with E-state index in [2.05, 4.69) is 5.32 Å². The second kappa shape index (κ2) is 10.8. The van der Waals surface area contributed by atoms with Gasteiger partial charge < -0.3 is 21.5 Å². The summed E-state index contributed by atoms with van der Waals surface area (Å²) in [5.41, 5.74) is 13.2. The van der Waals surface area contributed by atoms with Crippen molar-refractivity contribution >= 4 is 18.2 Å². The molecular weight excluding hydrogens is 356 g/mol. The van der Waals surface area contributed by atoms with Crippen LogP contribution in [-0.4, -0.2) is 30.8 Å². The third-order valence-corrected chi connectivity index (χ3v) is 4.43. The molecule has 28 heavy (non-hydrogen) atoms. The van der Waals surface area contributed by atoms with Crippen LogP contribution in [0.5, 0.6) is 0 Å². The number of carbonyl (C=O) groups is 1. The van der Waals surface area contributed by atoms with E-state index in [9.17, 15) is 9.59 Å². The van der Waals surface area contributed by atoms with Gasteiger partial charge >= 0.3 is 6.47 Å². The summed E-state index contributed by atoms with van der Waals surface area (Å²) in [5, 5.41) is 10.2. The Hall–Kier alpha value is -3.19. The highest BCUT2D eigenvalue weighted by atomic mass is 16.5. The zero-order valence-electron chi connectivity index (χ0n) is 15.5. The first-order valence-electron chi connectivity index (χ1n) is 9.00. The topological polar surface area (TPSA) is 131 Å². The van der Waals surface area contributed by atoms with Crippen molar-refractivity contribution in [2.75, 3.05) is 6.54 Å². The lowest BCUT2D eigenvalue weighted by atomic mass is 9.89. The summed E-state index contributed by atoms with van der Waals surface area (Å²) in [4.78, 5) is 23.6. The molecule has 2 unspecified atom stereocenters. The first-order chi connectivity index (χ1) is 13.5. The smallest absolute Gasteiger partial charge is 0.418 e. The highest BCUT2D eigenvalue weighted by Gasteiger charge is 2.29. The van der Waals surface area contributed by atoms with E-state index in [1.54, 1.807) is 30.3 Å². The predicted molar refractivity (Wildman–Crippen MR) is 107 cm³/mol. The number of nitrogens with two attached hydrogens (primary N) is 2. The Balaban J connectivity index is 2.10. The molecule has 0 spiro atoms. The van der Waals surface area contributed by atoms with E-state index in [4.69, 9.17) is 21.6 Å². The molecule has 0 bridgehead atoms. The maximum atomic E-state index is 12.8. The standard InChI is InChI=1S/C21H25N4O3/c22-18(19(27)20(28-14-26)17-9-5-2-6-10-17)12-16(13-25-21(23)24)11-15-7-3-1-4-8-15/h1-10,16,18,20H,11-13,22H2,(H4,23,24,25)/t16?,18-,20?/m0/s1. The summed E-state index contributed by atoms with van der Waals surface area (Å²) < 4.78 is 4.90. The van der Waals surface area contributed by atoms with Crippen molar-refractivity contribution in [3.05, 3.63) is 71.8 Å². The lowest BCUT2D eigenvalue weighted by Crippen LogP contribution is -2.41. The molecule has 0 saturated heterocycles. The van der Waals surface area contributed by atoms with Gasteiger partial charge in [0, 0.05) is 12.1 Å². The van der Waals surface area contributed by atoms with E-state index in [1.165, 1.54) is 6.47 Å². The van der Waals surface area contributed by atoms with Gasteiger partial charge in [-0.1, -0.05) is 60.7 Å². The fourth-order valence-electron chi connectivity index (χ4n) is 3.08. The number of guanidine groups is 1. The molecule has 3 atom stereocenters. The Morgan fingerprint density at radius 2 is 1.71 bits per heavy atom. The molecule has 0 aliphatic heterocycles. The largest absolute Gasteiger partial charge is 0.441 e. The van der Waals surface area contributed by atoms with Crippen LogP contribution in [-0.2, 0) is 20.7 Å². The Kier molecular flexibility index (Phi) is 8.17. The molecule has 0 fully saturated rings. The van der Waals surface area contributed by atoms with Crippen LogP contribution in [0.25, 0.3) is 0 Å². The molecule has 0 heterocycles. The van der Waals surface area contributed by atoms with Gasteiger partial charge in [-0.15, -0.1) is 0 Å². The third kappa shape index (κ3) is 6.51. The van der Waals surface area contributed by atoms with Crippen LogP contribution < -0.4 is 16.8 Å². The maximum Gasteiger partial charge on any atom is 0.418 e. The minimum atomic E-state index is -1.09. The van der Waals surface area contributed by atoms with Gasteiger partial charge in [-0.2, -0.15) is 0 Å². The molecule has 2 rings (SSSR count). The van der Waals surface area contributed by atoms with E-state index in [0.29, 0.717) is 24.9 Å². The Morgan fingerprint density at radius 3 is 2.29 bits per heavy atom. The Bertz CT molecular complexity index is 768. The third-order valence-electron chi connectivity index (χ3n) is 4.43. The summed E-state index contributed by atoms with van der Waals surface area (Å²) in [5.74, 6) is -0.573. The van der Waals surface area contributed by atoms with Crippen LogP contribution in [0, 0.1) is 11.3 Å². The van der Waals surface area contributed by atoms with Crippen molar-refractivity contribution in [3.8, 4) is 0 Å². The summed E-state index contributed by atoms with van der Waals surface area (Å²) in [6.45, 7) is 1.76. The van der Waals surface area contributed by atoms with Gasteiger partial charge in [0.05, 0.1) is 6.04 Å². The molecule has 147 valence electrons. The molecule has 0 saturated carbocycles. The molecule has 0 amide bonds. The van der Waals surface area contributed by atoms with Gasteiger partial charge in [0.15, 0.2) is 17.8 Å². The van der Waals surface area contributed by atoms with Gasteiger partial charge in [0.2, 0.25) is 0 Å². The monoisotopic (exact) mass is 381 g/mol. The van der Waals surface area contributed by atoms with E-state index in [0.717, 1.165) is 5.56 Å². The van der Waals surface area contributed by atoms with Crippen LogP contribution in [0.1, 0.15) is 23.7 Å². The SMILES string of the molecule is N=C(N)NCC(Cc1ccccc1)C[C@H](N)C(=O)C(O[C]=O)c1ccccc1. The van der Waals surface area contributed by atoms with Gasteiger partial charge in [0.1, 0.15) is 0 Å². The van der Waals surface area contributed by atoms with Crippen molar-refractivity contribution in [1.82, 2.24) is 5.32 Å². The van der Waals surface area contributed by atoms with Gasteiger partial charge in [0.25, 0.3) is 0 Å². The molecule has 2 aromatic carbocycles.